The molecule has 0 bridgehead atoms. The van der Waals surface area contributed by atoms with Gasteiger partial charge in [0.25, 0.3) is 0 Å². The monoisotopic (exact) mass is 411 g/mol. The number of benzene rings is 1. The Balaban J connectivity index is 1.45. The molecule has 30 heavy (non-hydrogen) atoms. The van der Waals surface area contributed by atoms with Gasteiger partial charge in [-0.25, -0.2) is 4.98 Å². The highest BCUT2D eigenvalue weighted by atomic mass is 16.5. The highest BCUT2D eigenvalue weighted by molar-refractivity contribution is 5.76. The third kappa shape index (κ3) is 4.89. The van der Waals surface area contributed by atoms with Gasteiger partial charge >= 0.3 is 0 Å². The van der Waals surface area contributed by atoms with Crippen LogP contribution in [-0.4, -0.2) is 42.9 Å². The second-order valence-electron chi connectivity index (χ2n) is 9.48. The number of hydrogen-bond acceptors (Lipinski definition) is 4. The second kappa shape index (κ2) is 9.52. The zero-order valence-corrected chi connectivity index (χ0v) is 18.9. The van der Waals surface area contributed by atoms with Gasteiger partial charge in [0.2, 0.25) is 0 Å². The lowest BCUT2D eigenvalue weighted by atomic mass is 9.69. The minimum atomic E-state index is 0.555. The standard InChI is InChI=1S/C25H37N3O2/c1-16(2)22-12-18(13-25-27-23-6-5-21(29-4)14-24(23)28-25)17(3)11-19(22)15-26-20-7-9-30-10-8-20/h5-6,11,14,16,18-20,22,26H,7-10,12-13,15H2,1-4H3,(H,27,28)/t18-,19-,22-/m0/s1. The summed E-state index contributed by atoms with van der Waals surface area (Å²) in [4.78, 5) is 8.36. The number of ether oxygens (including phenoxy) is 2. The summed E-state index contributed by atoms with van der Waals surface area (Å²) in [5.74, 6) is 4.50. The van der Waals surface area contributed by atoms with Crippen LogP contribution in [0.1, 0.15) is 45.9 Å². The van der Waals surface area contributed by atoms with Crippen LogP contribution in [0.25, 0.3) is 11.0 Å². The number of H-pyrrole nitrogens is 1. The molecule has 1 saturated heterocycles. The predicted octanol–water partition coefficient (Wildman–Crippen LogP) is 4.74. The zero-order valence-electron chi connectivity index (χ0n) is 18.9. The van der Waals surface area contributed by atoms with Gasteiger partial charge in [-0.1, -0.05) is 25.5 Å². The van der Waals surface area contributed by atoms with E-state index < -0.39 is 0 Å². The Morgan fingerprint density at radius 2 is 2.07 bits per heavy atom. The predicted molar refractivity (Wildman–Crippen MR) is 122 cm³/mol. The lowest BCUT2D eigenvalue weighted by molar-refractivity contribution is 0.0757. The lowest BCUT2D eigenvalue weighted by Gasteiger charge is -2.38. The van der Waals surface area contributed by atoms with Gasteiger partial charge in [0.15, 0.2) is 0 Å². The zero-order chi connectivity index (χ0) is 21.1. The first-order valence-electron chi connectivity index (χ1n) is 11.6. The number of hydrogen-bond donors (Lipinski definition) is 2. The number of methoxy groups -OCH3 is 1. The quantitative estimate of drug-likeness (QED) is 0.646. The van der Waals surface area contributed by atoms with Gasteiger partial charge in [-0.05, 0) is 62.0 Å². The van der Waals surface area contributed by atoms with Crippen molar-refractivity contribution < 1.29 is 9.47 Å². The fourth-order valence-electron chi connectivity index (χ4n) is 5.21. The minimum Gasteiger partial charge on any atom is -0.497 e. The molecule has 1 aromatic carbocycles. The third-order valence-corrected chi connectivity index (χ3v) is 7.13. The van der Waals surface area contributed by atoms with E-state index in [-0.39, 0.29) is 0 Å². The van der Waals surface area contributed by atoms with Crippen molar-refractivity contribution in [3.63, 3.8) is 0 Å². The number of fused-ring (bicyclic) bond motifs is 1. The molecule has 0 unspecified atom stereocenters. The van der Waals surface area contributed by atoms with Crippen molar-refractivity contribution in [3.8, 4) is 5.75 Å². The maximum absolute atomic E-state index is 5.51. The van der Waals surface area contributed by atoms with E-state index in [1.807, 2.05) is 18.2 Å². The van der Waals surface area contributed by atoms with Gasteiger partial charge < -0.3 is 19.8 Å². The first kappa shape index (κ1) is 21.4. The number of aromatic nitrogens is 2. The van der Waals surface area contributed by atoms with Gasteiger partial charge in [-0.15, -0.1) is 0 Å². The van der Waals surface area contributed by atoms with Crippen molar-refractivity contribution in [3.05, 3.63) is 35.7 Å². The molecule has 2 aliphatic rings. The Morgan fingerprint density at radius 1 is 1.27 bits per heavy atom. The Morgan fingerprint density at radius 3 is 2.80 bits per heavy atom. The lowest BCUT2D eigenvalue weighted by Crippen LogP contribution is -2.41. The molecule has 5 heteroatoms. The minimum absolute atomic E-state index is 0.555. The van der Waals surface area contributed by atoms with Crippen LogP contribution < -0.4 is 10.1 Å². The summed E-state index contributed by atoms with van der Waals surface area (Å²) in [5, 5.41) is 3.83. The fraction of sp³-hybridized carbons (Fsp3) is 0.640. The highest BCUT2D eigenvalue weighted by Gasteiger charge is 2.32. The largest absolute Gasteiger partial charge is 0.497 e. The van der Waals surface area contributed by atoms with E-state index in [0.717, 1.165) is 61.6 Å². The smallest absolute Gasteiger partial charge is 0.121 e. The molecule has 0 saturated carbocycles. The summed E-state index contributed by atoms with van der Waals surface area (Å²) >= 11 is 0. The molecule has 0 amide bonds. The first-order chi connectivity index (χ1) is 14.5. The topological polar surface area (TPSA) is 59.2 Å². The molecule has 1 aliphatic heterocycles. The Kier molecular flexibility index (Phi) is 6.79. The van der Waals surface area contributed by atoms with E-state index in [4.69, 9.17) is 14.5 Å². The molecule has 3 atom stereocenters. The molecule has 1 aromatic heterocycles. The molecule has 2 N–H and O–H groups in total. The Bertz CT molecular complexity index is 866. The van der Waals surface area contributed by atoms with Crippen LogP contribution in [0.4, 0.5) is 0 Å². The van der Waals surface area contributed by atoms with E-state index in [1.54, 1.807) is 7.11 Å². The maximum Gasteiger partial charge on any atom is 0.121 e. The molecule has 164 valence electrons. The number of imidazole rings is 1. The van der Waals surface area contributed by atoms with Crippen LogP contribution in [0.3, 0.4) is 0 Å². The first-order valence-corrected chi connectivity index (χ1v) is 11.6. The average Bonchev–Trinajstić information content (AvgIpc) is 3.15. The number of rotatable bonds is 7. The van der Waals surface area contributed by atoms with Crippen molar-refractivity contribution in [2.45, 2.75) is 52.5 Å². The Hall–Kier alpha value is -1.85. The molecule has 5 nitrogen and oxygen atoms in total. The normalized spacial score (nSPS) is 25.6. The van der Waals surface area contributed by atoms with Crippen molar-refractivity contribution >= 4 is 11.0 Å². The van der Waals surface area contributed by atoms with Gasteiger partial charge in [0.05, 0.1) is 18.1 Å². The summed E-state index contributed by atoms with van der Waals surface area (Å²) in [5.41, 5.74) is 3.59. The van der Waals surface area contributed by atoms with Gasteiger partial charge in [-0.2, -0.15) is 0 Å². The summed E-state index contributed by atoms with van der Waals surface area (Å²) < 4.78 is 10.9. The number of aromatic amines is 1. The van der Waals surface area contributed by atoms with Crippen molar-refractivity contribution in [1.29, 1.82) is 0 Å². The van der Waals surface area contributed by atoms with E-state index >= 15 is 0 Å². The maximum atomic E-state index is 5.51. The summed E-state index contributed by atoms with van der Waals surface area (Å²) in [6, 6.07) is 6.66. The van der Waals surface area contributed by atoms with E-state index in [1.165, 1.54) is 12.0 Å². The van der Waals surface area contributed by atoms with E-state index in [0.29, 0.717) is 29.7 Å². The van der Waals surface area contributed by atoms with Gasteiger partial charge in [0.1, 0.15) is 11.6 Å². The molecule has 2 aromatic rings. The molecule has 2 heterocycles. The van der Waals surface area contributed by atoms with Crippen LogP contribution in [0, 0.1) is 23.7 Å². The number of nitrogens with zero attached hydrogens (tertiary/aromatic N) is 1. The van der Waals surface area contributed by atoms with E-state index in [9.17, 15) is 0 Å². The van der Waals surface area contributed by atoms with Crippen LogP contribution in [0.5, 0.6) is 5.75 Å². The fourth-order valence-corrected chi connectivity index (χ4v) is 5.21. The second-order valence-corrected chi connectivity index (χ2v) is 9.48. The summed E-state index contributed by atoms with van der Waals surface area (Å²) in [6.45, 7) is 9.96. The molecular weight excluding hydrogens is 374 g/mol. The molecule has 1 fully saturated rings. The Labute approximate surface area is 180 Å². The molecule has 0 spiro atoms. The van der Waals surface area contributed by atoms with Crippen LogP contribution in [0.15, 0.2) is 29.8 Å². The van der Waals surface area contributed by atoms with Crippen molar-refractivity contribution in [2.75, 3.05) is 26.9 Å². The molecule has 0 radical (unpaired) electrons. The van der Waals surface area contributed by atoms with Crippen LogP contribution in [-0.2, 0) is 11.2 Å². The van der Waals surface area contributed by atoms with Crippen molar-refractivity contribution in [2.24, 2.45) is 23.7 Å². The van der Waals surface area contributed by atoms with Gasteiger partial charge in [0, 0.05) is 38.3 Å². The molecule has 1 aliphatic carbocycles. The van der Waals surface area contributed by atoms with Gasteiger partial charge in [-0.3, -0.25) is 0 Å². The summed E-state index contributed by atoms with van der Waals surface area (Å²) in [7, 11) is 1.70. The van der Waals surface area contributed by atoms with Crippen molar-refractivity contribution in [1.82, 2.24) is 15.3 Å². The number of nitrogens with one attached hydrogen (secondary N) is 2. The molecular formula is C25H37N3O2. The SMILES string of the molecule is COc1ccc2nc(C[C@@H]3C[C@@H](C(C)C)[C@H](CNC4CCOCC4)C=C3C)[nH]c2c1. The highest BCUT2D eigenvalue weighted by Crippen LogP contribution is 2.38. The number of allylic oxidation sites excluding steroid dienone is 1. The third-order valence-electron chi connectivity index (χ3n) is 7.13. The molecule has 4 rings (SSSR count). The van der Waals surface area contributed by atoms with Crippen LogP contribution >= 0.6 is 0 Å². The van der Waals surface area contributed by atoms with E-state index in [2.05, 4.69) is 37.1 Å². The summed E-state index contributed by atoms with van der Waals surface area (Å²) in [6.07, 6.45) is 7.04. The van der Waals surface area contributed by atoms with Crippen LogP contribution in [0.2, 0.25) is 0 Å². The average molecular weight is 412 g/mol.